The van der Waals surface area contributed by atoms with Crippen LogP contribution in [0.3, 0.4) is 0 Å². The van der Waals surface area contributed by atoms with Crippen LogP contribution in [0.15, 0.2) is 36.4 Å². The monoisotopic (exact) mass is 651 g/mol. The van der Waals surface area contributed by atoms with E-state index in [0.717, 1.165) is 62.0 Å². The molecule has 2 aromatic carbocycles. The number of nitrogens with zero attached hydrogens (tertiary/aromatic N) is 2. The highest BCUT2D eigenvalue weighted by atomic mass is 16.7. The molecule has 47 heavy (non-hydrogen) atoms. The zero-order chi connectivity index (χ0) is 33.3. The molecular formula is C37H53N3O7. The van der Waals surface area contributed by atoms with Gasteiger partial charge >= 0.3 is 0 Å². The highest BCUT2D eigenvalue weighted by molar-refractivity contribution is 6.00. The van der Waals surface area contributed by atoms with Crippen LogP contribution in [0.25, 0.3) is 0 Å². The summed E-state index contributed by atoms with van der Waals surface area (Å²) in [4.78, 5) is 31.5. The number of nitrogens with one attached hydrogen (secondary N) is 1. The minimum absolute atomic E-state index is 0.00346. The van der Waals surface area contributed by atoms with E-state index in [9.17, 15) is 14.7 Å². The summed E-state index contributed by atoms with van der Waals surface area (Å²) in [6, 6.07) is 11.0. The van der Waals surface area contributed by atoms with Crippen LogP contribution in [0, 0.1) is 11.8 Å². The van der Waals surface area contributed by atoms with E-state index in [4.69, 9.17) is 18.9 Å². The average Bonchev–Trinajstić information content (AvgIpc) is 3.54. The number of rotatable bonds is 8. The summed E-state index contributed by atoms with van der Waals surface area (Å²) in [5, 5.41) is 13.3. The normalized spacial score (nSPS) is 23.5. The van der Waals surface area contributed by atoms with Crippen molar-refractivity contribution < 1.29 is 33.6 Å². The number of aliphatic hydroxyl groups excluding tert-OH is 1. The van der Waals surface area contributed by atoms with Gasteiger partial charge in [0.25, 0.3) is 5.91 Å². The van der Waals surface area contributed by atoms with Crippen molar-refractivity contribution in [3.05, 3.63) is 47.5 Å². The van der Waals surface area contributed by atoms with Gasteiger partial charge in [-0.25, -0.2) is 0 Å². The molecule has 0 spiro atoms. The van der Waals surface area contributed by atoms with Crippen molar-refractivity contribution in [3.8, 4) is 17.2 Å². The summed E-state index contributed by atoms with van der Waals surface area (Å²) in [5.74, 6) is 1.76. The van der Waals surface area contributed by atoms with E-state index in [0.29, 0.717) is 43.2 Å². The fraction of sp³-hybridized carbons (Fsp3) is 0.622. The third-order valence-electron chi connectivity index (χ3n) is 9.68. The molecule has 2 aliphatic heterocycles. The molecule has 0 bridgehead atoms. The molecule has 4 atom stereocenters. The Kier molecular flexibility index (Phi) is 12.4. The molecule has 0 saturated heterocycles. The highest BCUT2D eigenvalue weighted by Crippen LogP contribution is 2.33. The first-order chi connectivity index (χ1) is 22.7. The molecule has 5 rings (SSSR count). The van der Waals surface area contributed by atoms with Gasteiger partial charge in [0.1, 0.15) is 5.75 Å². The molecule has 2 heterocycles. The van der Waals surface area contributed by atoms with Crippen molar-refractivity contribution in [1.29, 1.82) is 0 Å². The minimum atomic E-state index is -0.435. The van der Waals surface area contributed by atoms with E-state index in [2.05, 4.69) is 30.3 Å². The van der Waals surface area contributed by atoms with E-state index in [1.54, 1.807) is 17.0 Å². The molecule has 3 aliphatic rings. The molecule has 0 radical (unpaired) electrons. The molecule has 2 N–H and O–H groups in total. The van der Waals surface area contributed by atoms with Gasteiger partial charge in [-0.15, -0.1) is 0 Å². The lowest BCUT2D eigenvalue weighted by Gasteiger charge is -2.36. The smallest absolute Gasteiger partial charge is 0.258 e. The Bertz CT molecular complexity index is 1350. The van der Waals surface area contributed by atoms with Gasteiger partial charge in [-0.2, -0.15) is 0 Å². The van der Waals surface area contributed by atoms with Gasteiger partial charge in [0.2, 0.25) is 12.7 Å². The summed E-state index contributed by atoms with van der Waals surface area (Å²) in [6.45, 7) is 8.41. The Morgan fingerprint density at radius 1 is 1.00 bits per heavy atom. The Morgan fingerprint density at radius 3 is 2.53 bits per heavy atom. The number of hydrogen-bond donors (Lipinski definition) is 2. The van der Waals surface area contributed by atoms with E-state index in [1.165, 1.54) is 6.42 Å². The van der Waals surface area contributed by atoms with Crippen molar-refractivity contribution in [2.75, 3.05) is 45.5 Å². The lowest BCUT2D eigenvalue weighted by molar-refractivity contribution is -0.120. The Hall–Kier alpha value is -3.34. The van der Waals surface area contributed by atoms with Crippen LogP contribution < -0.4 is 19.5 Å². The predicted molar refractivity (Wildman–Crippen MR) is 181 cm³/mol. The molecule has 258 valence electrons. The first kappa shape index (κ1) is 35.0. The highest BCUT2D eigenvalue weighted by Gasteiger charge is 2.31. The number of benzene rings is 2. The average molecular weight is 652 g/mol. The van der Waals surface area contributed by atoms with Crippen LogP contribution in [0.2, 0.25) is 0 Å². The lowest BCUT2D eigenvalue weighted by Crippen LogP contribution is -2.47. The number of hydrogen-bond acceptors (Lipinski definition) is 8. The van der Waals surface area contributed by atoms with Crippen molar-refractivity contribution in [3.63, 3.8) is 0 Å². The van der Waals surface area contributed by atoms with Crippen molar-refractivity contribution in [1.82, 2.24) is 9.80 Å². The number of carbonyl (C=O) groups is 2. The van der Waals surface area contributed by atoms with Gasteiger partial charge in [0, 0.05) is 43.8 Å². The molecule has 0 aromatic heterocycles. The SMILES string of the molecule is C[C@@H]1CN([C@@H](C)CO)C(=O)c2cc(NC(=O)C3CCCCC3)ccc2O[C@@H](C)CCCCO[C@@H]1CN(C)Cc1ccc2c(c1)OCO2. The van der Waals surface area contributed by atoms with Gasteiger partial charge in [-0.05, 0) is 88.9 Å². The molecule has 2 amide bonds. The first-order valence-corrected chi connectivity index (χ1v) is 17.4. The molecule has 2 aromatic rings. The molecule has 1 saturated carbocycles. The molecule has 10 nitrogen and oxygen atoms in total. The van der Waals surface area contributed by atoms with Gasteiger partial charge in [-0.1, -0.05) is 32.3 Å². The number of fused-ring (bicyclic) bond motifs is 2. The fourth-order valence-electron chi connectivity index (χ4n) is 6.79. The maximum Gasteiger partial charge on any atom is 0.258 e. The molecule has 1 fully saturated rings. The Balaban J connectivity index is 1.36. The third-order valence-corrected chi connectivity index (χ3v) is 9.68. The first-order valence-electron chi connectivity index (χ1n) is 17.4. The summed E-state index contributed by atoms with van der Waals surface area (Å²) >= 11 is 0. The van der Waals surface area contributed by atoms with Crippen molar-refractivity contribution in [2.24, 2.45) is 11.8 Å². The second-order valence-electron chi connectivity index (χ2n) is 13.7. The van der Waals surface area contributed by atoms with Crippen LogP contribution in [0.5, 0.6) is 17.2 Å². The van der Waals surface area contributed by atoms with E-state index in [1.807, 2.05) is 32.0 Å². The predicted octanol–water partition coefficient (Wildman–Crippen LogP) is 5.86. The van der Waals surface area contributed by atoms with Crippen LogP contribution >= 0.6 is 0 Å². The Morgan fingerprint density at radius 2 is 1.74 bits per heavy atom. The van der Waals surface area contributed by atoms with Crippen LogP contribution in [0.1, 0.15) is 88.1 Å². The van der Waals surface area contributed by atoms with E-state index in [-0.39, 0.29) is 49.3 Å². The van der Waals surface area contributed by atoms with Gasteiger partial charge in [-0.3, -0.25) is 14.5 Å². The second-order valence-corrected chi connectivity index (χ2v) is 13.7. The van der Waals surface area contributed by atoms with Crippen molar-refractivity contribution in [2.45, 2.75) is 96.9 Å². The third kappa shape index (κ3) is 9.39. The number of amides is 2. The lowest BCUT2D eigenvalue weighted by atomic mass is 9.88. The molecule has 10 heteroatoms. The number of ether oxygens (including phenoxy) is 4. The Labute approximate surface area is 279 Å². The van der Waals surface area contributed by atoms with Gasteiger partial charge in [0.15, 0.2) is 11.5 Å². The number of anilines is 1. The number of likely N-dealkylation sites (N-methyl/N-ethyl adjacent to an activating group) is 1. The maximum absolute atomic E-state index is 14.4. The molecule has 0 unspecified atom stereocenters. The van der Waals surface area contributed by atoms with Gasteiger partial charge in [0.05, 0.1) is 30.4 Å². The fourth-order valence-corrected chi connectivity index (χ4v) is 6.79. The topological polar surface area (TPSA) is 110 Å². The van der Waals surface area contributed by atoms with Crippen LogP contribution in [0.4, 0.5) is 5.69 Å². The number of aliphatic hydroxyl groups is 1. The summed E-state index contributed by atoms with van der Waals surface area (Å²) in [6.07, 6.45) is 7.49. The van der Waals surface area contributed by atoms with E-state index >= 15 is 0 Å². The quantitative estimate of drug-likeness (QED) is 0.365. The molecule has 1 aliphatic carbocycles. The van der Waals surface area contributed by atoms with E-state index < -0.39 is 6.04 Å². The van der Waals surface area contributed by atoms with Crippen LogP contribution in [-0.2, 0) is 16.1 Å². The van der Waals surface area contributed by atoms with Gasteiger partial charge < -0.3 is 34.3 Å². The minimum Gasteiger partial charge on any atom is -0.490 e. The summed E-state index contributed by atoms with van der Waals surface area (Å²) < 4.78 is 23.9. The van der Waals surface area contributed by atoms with Crippen LogP contribution in [-0.4, -0.2) is 85.1 Å². The zero-order valence-corrected chi connectivity index (χ0v) is 28.5. The second kappa shape index (κ2) is 16.7. The largest absolute Gasteiger partial charge is 0.490 e. The zero-order valence-electron chi connectivity index (χ0n) is 28.5. The number of carbonyl (C=O) groups excluding carboxylic acids is 2. The summed E-state index contributed by atoms with van der Waals surface area (Å²) in [5.41, 5.74) is 2.09. The van der Waals surface area contributed by atoms with Crippen molar-refractivity contribution >= 4 is 17.5 Å². The summed E-state index contributed by atoms with van der Waals surface area (Å²) in [7, 11) is 2.07. The maximum atomic E-state index is 14.4. The molecular weight excluding hydrogens is 598 g/mol. The standard InChI is InChI=1S/C37H53N3O7/c1-25-20-40(26(2)23-41)37(43)31-19-30(38-36(42)29-11-6-5-7-12-29)14-16-32(31)47-27(3)10-8-9-17-44-35(25)22-39(4)21-28-13-15-33-34(18-28)46-24-45-33/h13-16,18-19,25-27,29,35,41H,5-12,17,20-24H2,1-4H3,(H,38,42)/t25-,26+,27+,35-/m1/s1.